The second-order valence-corrected chi connectivity index (χ2v) is 5.51. The number of anilines is 1. The Kier molecular flexibility index (Phi) is 5.42. The van der Waals surface area contributed by atoms with Gasteiger partial charge in [0.1, 0.15) is 5.69 Å². The molecule has 0 atom stereocenters. The van der Waals surface area contributed by atoms with Gasteiger partial charge in [-0.3, -0.25) is 10.1 Å². The Balaban J connectivity index is 2.21. The molecule has 114 valence electrons. The van der Waals surface area contributed by atoms with Gasteiger partial charge in [0.2, 0.25) is 0 Å². The molecule has 0 aliphatic heterocycles. The zero-order chi connectivity index (χ0) is 16.3. The average Bonchev–Trinajstić information content (AvgIpc) is 2.46. The van der Waals surface area contributed by atoms with E-state index >= 15 is 0 Å². The van der Waals surface area contributed by atoms with Crippen molar-refractivity contribution in [3.8, 4) is 0 Å². The molecule has 0 aliphatic rings. The molecule has 0 fully saturated rings. The smallest absolute Gasteiger partial charge is 0.258 e. The van der Waals surface area contributed by atoms with Gasteiger partial charge in [-0.2, -0.15) is 4.53 Å². The predicted molar refractivity (Wildman–Crippen MR) is 87.4 cm³/mol. The molecular weight excluding hydrogens is 374 g/mol. The van der Waals surface area contributed by atoms with Crippen molar-refractivity contribution in [1.82, 2.24) is 0 Å². The normalized spacial score (nSPS) is 10.9. The fraction of sp³-hybridized carbons (Fsp3) is 0. The maximum atomic E-state index is 10.6. The van der Waals surface area contributed by atoms with Crippen LogP contribution in [0.1, 0.15) is 0 Å². The summed E-state index contributed by atoms with van der Waals surface area (Å²) in [4.78, 5) is 10.1. The predicted octanol–water partition coefficient (Wildman–Crippen LogP) is 6.21. The van der Waals surface area contributed by atoms with Gasteiger partial charge >= 0.3 is 0 Å². The van der Waals surface area contributed by atoms with Gasteiger partial charge in [-0.1, -0.05) is 34.8 Å². The number of hydrogen-bond acceptors (Lipinski definition) is 4. The lowest BCUT2D eigenvalue weighted by Gasteiger charge is -2.08. The van der Waals surface area contributed by atoms with Crippen LogP contribution in [0.5, 0.6) is 0 Å². The summed E-state index contributed by atoms with van der Waals surface area (Å²) < 4.78 is 0.908. The molecule has 0 saturated heterocycles. The second kappa shape index (κ2) is 7.11. The fourth-order valence-electron chi connectivity index (χ4n) is 1.46. The van der Waals surface area contributed by atoms with E-state index in [-0.39, 0.29) is 21.4 Å². The third kappa shape index (κ3) is 3.98. The minimum Gasteiger partial charge on any atom is -0.258 e. The minimum atomic E-state index is -0.517. The van der Waals surface area contributed by atoms with Crippen molar-refractivity contribution in [3.63, 3.8) is 0 Å². The van der Waals surface area contributed by atoms with E-state index in [1.807, 2.05) is 0 Å². The summed E-state index contributed by atoms with van der Waals surface area (Å²) in [6.07, 6.45) is 0. The van der Waals surface area contributed by atoms with E-state index < -0.39 is 4.92 Å². The van der Waals surface area contributed by atoms with E-state index in [9.17, 15) is 10.1 Å². The molecular formula is C12H6Cl4N4O2. The number of nitrogens with zero attached hydrogens (tertiary/aromatic N) is 4. The number of hydrogen-bond donors (Lipinski definition) is 0. The molecule has 2 aromatic carbocycles. The third-order valence-corrected chi connectivity index (χ3v) is 3.54. The Morgan fingerprint density at radius 1 is 1.05 bits per heavy atom. The first-order valence-corrected chi connectivity index (χ1v) is 7.12. The lowest BCUT2D eigenvalue weighted by Crippen LogP contribution is -1.99. The van der Waals surface area contributed by atoms with Crippen LogP contribution in [-0.4, -0.2) is 4.92 Å². The van der Waals surface area contributed by atoms with Gasteiger partial charge in [0, 0.05) is 28.9 Å². The molecule has 0 spiro atoms. The van der Waals surface area contributed by atoms with Gasteiger partial charge in [0.15, 0.2) is 0 Å². The van der Waals surface area contributed by atoms with Crippen molar-refractivity contribution in [2.24, 2.45) is 10.3 Å². The summed E-state index contributed by atoms with van der Waals surface area (Å²) in [7, 11) is 0. The molecule has 22 heavy (non-hydrogen) atoms. The molecule has 0 amide bonds. The molecule has 10 heteroatoms. The molecule has 0 aliphatic carbocycles. The van der Waals surface area contributed by atoms with Crippen molar-refractivity contribution in [2.75, 3.05) is 4.53 Å². The fourth-order valence-corrected chi connectivity index (χ4v) is 2.50. The van der Waals surface area contributed by atoms with E-state index in [4.69, 9.17) is 46.6 Å². The largest absolute Gasteiger partial charge is 0.269 e. The topological polar surface area (TPSA) is 71.1 Å². The highest BCUT2D eigenvalue weighted by Crippen LogP contribution is 2.36. The lowest BCUT2D eigenvalue weighted by atomic mass is 10.3. The van der Waals surface area contributed by atoms with Crippen LogP contribution in [0.15, 0.2) is 46.7 Å². The molecule has 6 nitrogen and oxygen atoms in total. The van der Waals surface area contributed by atoms with Gasteiger partial charge in [-0.15, -0.1) is 5.11 Å². The van der Waals surface area contributed by atoms with Crippen LogP contribution in [0.2, 0.25) is 15.1 Å². The Hall–Kier alpha value is -1.60. The van der Waals surface area contributed by atoms with Crippen molar-refractivity contribution >= 4 is 63.6 Å². The van der Waals surface area contributed by atoms with Crippen LogP contribution in [0.3, 0.4) is 0 Å². The van der Waals surface area contributed by atoms with E-state index in [1.165, 1.54) is 36.4 Å². The van der Waals surface area contributed by atoms with Crippen molar-refractivity contribution in [1.29, 1.82) is 0 Å². The van der Waals surface area contributed by atoms with Crippen LogP contribution < -0.4 is 4.53 Å². The summed E-state index contributed by atoms with van der Waals surface area (Å²) in [5.41, 5.74) is 0.534. The monoisotopic (exact) mass is 378 g/mol. The standard InChI is InChI=1S/C12H6Cl4N4O2/c13-7-5-10(14)12(11(15)6-7)17-18-19(16)8-1-3-9(4-2-8)20(21)22/h1-6H. The highest BCUT2D eigenvalue weighted by molar-refractivity contribution is 6.41. The van der Waals surface area contributed by atoms with Crippen molar-refractivity contribution in [2.45, 2.75) is 0 Å². The summed E-state index contributed by atoms with van der Waals surface area (Å²) in [6.45, 7) is 0. The van der Waals surface area contributed by atoms with Gasteiger partial charge in [0.25, 0.3) is 5.69 Å². The average molecular weight is 380 g/mol. The first kappa shape index (κ1) is 16.8. The molecule has 2 aromatic rings. The second-order valence-electron chi connectivity index (χ2n) is 3.94. The van der Waals surface area contributed by atoms with E-state index in [0.29, 0.717) is 10.7 Å². The summed E-state index contributed by atoms with van der Waals surface area (Å²) in [6, 6.07) is 8.37. The molecule has 0 aromatic heterocycles. The number of non-ortho nitro benzene ring substituents is 1. The van der Waals surface area contributed by atoms with Gasteiger partial charge < -0.3 is 0 Å². The minimum absolute atomic E-state index is 0.0606. The molecule has 0 N–H and O–H groups in total. The molecule has 0 heterocycles. The Morgan fingerprint density at radius 2 is 1.59 bits per heavy atom. The maximum absolute atomic E-state index is 10.6. The van der Waals surface area contributed by atoms with Crippen LogP contribution in [0, 0.1) is 10.1 Å². The molecule has 2 rings (SSSR count). The molecule has 0 radical (unpaired) electrons. The SMILES string of the molecule is O=[N+]([O-])c1ccc(N(Cl)N=Nc2c(Cl)cc(Cl)cc2Cl)cc1. The highest BCUT2D eigenvalue weighted by atomic mass is 35.5. The summed E-state index contributed by atoms with van der Waals surface area (Å²) in [5.74, 6) is 0. The van der Waals surface area contributed by atoms with E-state index in [2.05, 4.69) is 10.3 Å². The van der Waals surface area contributed by atoms with Crippen LogP contribution in [-0.2, 0) is 0 Å². The Morgan fingerprint density at radius 3 is 2.09 bits per heavy atom. The van der Waals surface area contributed by atoms with Crippen LogP contribution in [0.4, 0.5) is 17.1 Å². The van der Waals surface area contributed by atoms with Gasteiger partial charge in [-0.25, -0.2) is 0 Å². The van der Waals surface area contributed by atoms with E-state index in [1.54, 1.807) is 0 Å². The number of benzene rings is 2. The number of rotatable bonds is 4. The van der Waals surface area contributed by atoms with Crippen molar-refractivity contribution < 1.29 is 4.92 Å². The van der Waals surface area contributed by atoms with E-state index in [0.717, 1.165) is 4.53 Å². The quantitative estimate of drug-likeness (QED) is 0.274. The maximum Gasteiger partial charge on any atom is 0.269 e. The summed E-state index contributed by atoms with van der Waals surface area (Å²) >= 11 is 23.6. The van der Waals surface area contributed by atoms with Gasteiger partial charge in [-0.05, 0) is 29.5 Å². The summed E-state index contributed by atoms with van der Waals surface area (Å²) in [5, 5.41) is 19.0. The Labute approximate surface area is 145 Å². The number of nitro benzene ring substituents is 1. The number of halogens is 4. The highest BCUT2D eigenvalue weighted by Gasteiger charge is 2.10. The molecule has 0 bridgehead atoms. The number of nitro groups is 1. The molecule has 0 saturated carbocycles. The Bertz CT molecular complexity index is 713. The van der Waals surface area contributed by atoms with Gasteiger partial charge in [0.05, 0.1) is 20.7 Å². The zero-order valence-corrected chi connectivity index (χ0v) is 13.6. The first-order chi connectivity index (χ1) is 10.4. The van der Waals surface area contributed by atoms with Crippen LogP contribution in [0.25, 0.3) is 0 Å². The zero-order valence-electron chi connectivity index (χ0n) is 10.6. The molecule has 0 unspecified atom stereocenters. The van der Waals surface area contributed by atoms with Crippen molar-refractivity contribution in [3.05, 3.63) is 61.6 Å². The lowest BCUT2D eigenvalue weighted by molar-refractivity contribution is -0.384. The first-order valence-electron chi connectivity index (χ1n) is 5.65. The van der Waals surface area contributed by atoms with Crippen LogP contribution >= 0.6 is 46.6 Å². The third-order valence-electron chi connectivity index (χ3n) is 2.48.